The van der Waals surface area contributed by atoms with Gasteiger partial charge in [-0.05, 0) is 36.4 Å². The van der Waals surface area contributed by atoms with E-state index in [0.29, 0.717) is 43.4 Å². The number of carbonyl (C=O) groups is 2. The number of piperazine rings is 1. The van der Waals surface area contributed by atoms with E-state index in [-0.39, 0.29) is 18.5 Å². The van der Waals surface area contributed by atoms with Gasteiger partial charge in [-0.3, -0.25) is 4.79 Å². The summed E-state index contributed by atoms with van der Waals surface area (Å²) in [5, 5.41) is 11.3. The number of anilines is 1. The molecule has 0 atom stereocenters. The highest BCUT2D eigenvalue weighted by molar-refractivity contribution is 5.92. The molecule has 1 aliphatic rings. The minimum Gasteiger partial charge on any atom is -0.479 e. The molecule has 0 radical (unpaired) electrons. The van der Waals surface area contributed by atoms with Crippen LogP contribution in [0.5, 0.6) is 5.75 Å². The third-order valence-electron chi connectivity index (χ3n) is 4.00. The number of nitrogens with one attached hydrogen (secondary N) is 1. The molecule has 3 amide bonds. The molecule has 0 bridgehead atoms. The van der Waals surface area contributed by atoms with E-state index in [1.165, 1.54) is 6.26 Å². The second kappa shape index (κ2) is 8.07. The van der Waals surface area contributed by atoms with Crippen molar-refractivity contribution in [3.8, 4) is 11.8 Å². The highest BCUT2D eigenvalue weighted by atomic mass is 16.5. The third-order valence-corrected chi connectivity index (χ3v) is 4.00. The average molecular weight is 354 g/mol. The number of furan rings is 1. The summed E-state index contributed by atoms with van der Waals surface area (Å²) in [5.74, 6) is 0.708. The Morgan fingerprint density at radius 2 is 1.81 bits per heavy atom. The molecule has 1 aromatic carbocycles. The number of urea groups is 1. The van der Waals surface area contributed by atoms with Crippen LogP contribution < -0.4 is 10.1 Å². The predicted octanol–water partition coefficient (Wildman–Crippen LogP) is 2.17. The number of amides is 3. The Bertz CT molecular complexity index is 788. The van der Waals surface area contributed by atoms with Gasteiger partial charge in [0.05, 0.1) is 6.26 Å². The van der Waals surface area contributed by atoms with Gasteiger partial charge >= 0.3 is 6.03 Å². The molecule has 26 heavy (non-hydrogen) atoms. The summed E-state index contributed by atoms with van der Waals surface area (Å²) in [6, 6.07) is 11.8. The Morgan fingerprint density at radius 1 is 1.12 bits per heavy atom. The van der Waals surface area contributed by atoms with Crippen LogP contribution in [0.3, 0.4) is 0 Å². The van der Waals surface area contributed by atoms with Crippen LogP contribution in [0.4, 0.5) is 10.5 Å². The van der Waals surface area contributed by atoms with Crippen LogP contribution in [0.15, 0.2) is 47.1 Å². The van der Waals surface area contributed by atoms with Crippen molar-refractivity contribution in [1.29, 1.82) is 5.26 Å². The van der Waals surface area contributed by atoms with Gasteiger partial charge in [0.25, 0.3) is 5.91 Å². The molecule has 2 aromatic rings. The van der Waals surface area contributed by atoms with E-state index in [1.54, 1.807) is 46.2 Å². The lowest BCUT2D eigenvalue weighted by molar-refractivity contribution is 0.0640. The second-order valence-corrected chi connectivity index (χ2v) is 5.66. The smallest absolute Gasteiger partial charge is 0.321 e. The molecule has 0 saturated carbocycles. The van der Waals surface area contributed by atoms with E-state index in [4.69, 9.17) is 14.4 Å². The SMILES string of the molecule is N#CCOc1ccc(NC(=O)N2CCN(C(=O)c3ccco3)CC2)cc1. The summed E-state index contributed by atoms with van der Waals surface area (Å²) in [7, 11) is 0. The molecular weight excluding hydrogens is 336 g/mol. The lowest BCUT2D eigenvalue weighted by atomic mass is 10.3. The van der Waals surface area contributed by atoms with Gasteiger partial charge in [0.1, 0.15) is 11.8 Å². The molecule has 1 aliphatic heterocycles. The van der Waals surface area contributed by atoms with Crippen molar-refractivity contribution >= 4 is 17.6 Å². The highest BCUT2D eigenvalue weighted by Gasteiger charge is 2.26. The standard InChI is InChI=1S/C18H18N4O4/c19-7-13-25-15-5-3-14(4-6-15)20-18(24)22-10-8-21(9-11-22)17(23)16-2-1-12-26-16/h1-6,12H,8-11,13H2,(H,20,24). The summed E-state index contributed by atoms with van der Waals surface area (Å²) in [4.78, 5) is 27.9. The van der Waals surface area contributed by atoms with Crippen LogP contribution in [0.25, 0.3) is 0 Å². The summed E-state index contributed by atoms with van der Waals surface area (Å²) < 4.78 is 10.3. The Labute approximate surface area is 150 Å². The minimum atomic E-state index is -0.221. The zero-order chi connectivity index (χ0) is 18.4. The number of nitriles is 1. The topological polar surface area (TPSA) is 98.8 Å². The molecule has 0 unspecified atom stereocenters. The molecule has 0 spiro atoms. The van der Waals surface area contributed by atoms with E-state index in [0.717, 1.165) is 0 Å². The number of hydrogen-bond acceptors (Lipinski definition) is 5. The summed E-state index contributed by atoms with van der Waals surface area (Å²) in [6.45, 7) is 1.78. The van der Waals surface area contributed by atoms with Crippen LogP contribution in [-0.4, -0.2) is 54.5 Å². The monoisotopic (exact) mass is 354 g/mol. The first-order valence-electron chi connectivity index (χ1n) is 8.16. The van der Waals surface area contributed by atoms with Crippen molar-refractivity contribution in [2.24, 2.45) is 0 Å². The van der Waals surface area contributed by atoms with Crippen molar-refractivity contribution in [3.05, 3.63) is 48.4 Å². The van der Waals surface area contributed by atoms with Gasteiger partial charge in [0, 0.05) is 31.9 Å². The van der Waals surface area contributed by atoms with Gasteiger partial charge in [-0.1, -0.05) is 0 Å². The molecule has 8 nitrogen and oxygen atoms in total. The van der Waals surface area contributed by atoms with Crippen LogP contribution >= 0.6 is 0 Å². The van der Waals surface area contributed by atoms with E-state index in [1.807, 2.05) is 6.07 Å². The number of rotatable bonds is 4. The van der Waals surface area contributed by atoms with Gasteiger partial charge in [-0.2, -0.15) is 5.26 Å². The first-order chi connectivity index (χ1) is 12.7. The Kier molecular flexibility index (Phi) is 5.39. The van der Waals surface area contributed by atoms with Crippen LogP contribution in [0, 0.1) is 11.3 Å². The van der Waals surface area contributed by atoms with E-state index in [9.17, 15) is 9.59 Å². The van der Waals surface area contributed by atoms with Crippen molar-refractivity contribution in [1.82, 2.24) is 9.80 Å². The van der Waals surface area contributed by atoms with Crippen molar-refractivity contribution in [3.63, 3.8) is 0 Å². The third kappa shape index (κ3) is 4.13. The van der Waals surface area contributed by atoms with Crippen LogP contribution in [0.2, 0.25) is 0 Å². The predicted molar refractivity (Wildman–Crippen MR) is 92.8 cm³/mol. The molecule has 0 aliphatic carbocycles. The van der Waals surface area contributed by atoms with Gasteiger partial charge in [0.15, 0.2) is 12.4 Å². The summed E-state index contributed by atoms with van der Waals surface area (Å²) in [5.41, 5.74) is 0.633. The highest BCUT2D eigenvalue weighted by Crippen LogP contribution is 2.16. The molecule has 1 aromatic heterocycles. The Morgan fingerprint density at radius 3 is 2.42 bits per heavy atom. The van der Waals surface area contributed by atoms with Crippen molar-refractivity contribution < 1.29 is 18.7 Å². The molecule has 1 saturated heterocycles. The lowest BCUT2D eigenvalue weighted by Crippen LogP contribution is -2.51. The summed E-state index contributed by atoms with van der Waals surface area (Å²) in [6.07, 6.45) is 1.47. The average Bonchev–Trinajstić information content (AvgIpc) is 3.22. The molecule has 1 N–H and O–H groups in total. The maximum Gasteiger partial charge on any atom is 0.321 e. The van der Waals surface area contributed by atoms with Gasteiger partial charge in [-0.25, -0.2) is 4.79 Å². The number of ether oxygens (including phenoxy) is 1. The van der Waals surface area contributed by atoms with Crippen LogP contribution in [0.1, 0.15) is 10.6 Å². The fourth-order valence-electron chi connectivity index (χ4n) is 2.62. The van der Waals surface area contributed by atoms with Crippen LogP contribution in [-0.2, 0) is 0 Å². The molecule has 8 heteroatoms. The zero-order valence-corrected chi connectivity index (χ0v) is 14.1. The van der Waals surface area contributed by atoms with Crippen molar-refractivity contribution in [2.75, 3.05) is 38.1 Å². The van der Waals surface area contributed by atoms with Gasteiger partial charge in [0.2, 0.25) is 0 Å². The first kappa shape index (κ1) is 17.4. The van der Waals surface area contributed by atoms with E-state index >= 15 is 0 Å². The normalized spacial score (nSPS) is 13.8. The minimum absolute atomic E-state index is 0.0211. The van der Waals surface area contributed by atoms with E-state index < -0.39 is 0 Å². The molecule has 1 fully saturated rings. The molecule has 2 heterocycles. The second-order valence-electron chi connectivity index (χ2n) is 5.66. The Balaban J connectivity index is 1.49. The number of hydrogen-bond donors (Lipinski definition) is 1. The fraction of sp³-hybridized carbons (Fsp3) is 0.278. The van der Waals surface area contributed by atoms with Gasteiger partial charge < -0.3 is 24.3 Å². The van der Waals surface area contributed by atoms with E-state index in [2.05, 4.69) is 5.32 Å². The fourth-order valence-corrected chi connectivity index (χ4v) is 2.62. The first-order valence-corrected chi connectivity index (χ1v) is 8.16. The maximum atomic E-state index is 12.3. The quantitative estimate of drug-likeness (QED) is 0.907. The number of benzene rings is 1. The summed E-state index contributed by atoms with van der Waals surface area (Å²) >= 11 is 0. The molecule has 134 valence electrons. The largest absolute Gasteiger partial charge is 0.479 e. The number of carbonyl (C=O) groups excluding carboxylic acids is 2. The molecule has 3 rings (SSSR count). The molecular formula is C18H18N4O4. The van der Waals surface area contributed by atoms with Crippen molar-refractivity contribution in [2.45, 2.75) is 0 Å². The number of nitrogens with zero attached hydrogens (tertiary/aromatic N) is 3. The Hall–Kier alpha value is -3.47. The lowest BCUT2D eigenvalue weighted by Gasteiger charge is -2.34. The maximum absolute atomic E-state index is 12.3. The zero-order valence-electron chi connectivity index (χ0n) is 14.1. The van der Waals surface area contributed by atoms with Gasteiger partial charge in [-0.15, -0.1) is 0 Å².